The Morgan fingerprint density at radius 3 is 2.72 bits per heavy atom. The van der Waals surface area contributed by atoms with Crippen LogP contribution in [0.5, 0.6) is 0 Å². The van der Waals surface area contributed by atoms with Gasteiger partial charge >= 0.3 is 5.97 Å². The van der Waals surface area contributed by atoms with Crippen LogP contribution >= 0.6 is 0 Å². The monoisotopic (exact) mass is 346 g/mol. The maximum atomic E-state index is 12.4. The zero-order valence-electron chi connectivity index (χ0n) is 14.8. The number of carboxylic acid groups (broad SMARTS) is 1. The van der Waals surface area contributed by atoms with Gasteiger partial charge in [-0.05, 0) is 31.6 Å². The Morgan fingerprint density at radius 2 is 2.00 bits per heavy atom. The molecule has 1 atom stereocenters. The minimum absolute atomic E-state index is 0.183. The number of nitrogens with zero attached hydrogens (tertiary/aromatic N) is 4. The average Bonchev–Trinajstić information content (AvgIpc) is 3.37. The van der Waals surface area contributed by atoms with Crippen LogP contribution in [0.2, 0.25) is 0 Å². The van der Waals surface area contributed by atoms with Crippen molar-refractivity contribution in [3.8, 4) is 0 Å². The first-order chi connectivity index (χ1) is 12.0. The Morgan fingerprint density at radius 1 is 1.20 bits per heavy atom. The highest BCUT2D eigenvalue weighted by Gasteiger charge is 2.34. The number of carboxylic acids is 1. The van der Waals surface area contributed by atoms with E-state index in [9.17, 15) is 14.7 Å². The predicted molar refractivity (Wildman–Crippen MR) is 91.2 cm³/mol. The van der Waals surface area contributed by atoms with E-state index in [0.717, 1.165) is 56.1 Å². The fourth-order valence-corrected chi connectivity index (χ4v) is 4.29. The fourth-order valence-electron chi connectivity index (χ4n) is 4.29. The number of hydrogen-bond acceptors (Lipinski definition) is 4. The summed E-state index contributed by atoms with van der Waals surface area (Å²) in [5, 5.41) is 13.6. The number of rotatable bonds is 4. The SMILES string of the molecule is Cn1nc(C(=O)O)c2c1CCN(C1CCC(=O)N(CC3CC3)CC1)C2. The summed E-state index contributed by atoms with van der Waals surface area (Å²) in [5.41, 5.74) is 2.07. The van der Waals surface area contributed by atoms with Crippen molar-refractivity contribution in [1.29, 1.82) is 0 Å². The highest BCUT2D eigenvalue weighted by molar-refractivity contribution is 5.87. The van der Waals surface area contributed by atoms with Gasteiger partial charge in [-0.15, -0.1) is 0 Å². The molecule has 0 aromatic carbocycles. The summed E-state index contributed by atoms with van der Waals surface area (Å²) < 4.78 is 1.71. The molecule has 1 aromatic rings. The smallest absolute Gasteiger partial charge is 0.356 e. The summed E-state index contributed by atoms with van der Waals surface area (Å²) in [6.45, 7) is 3.31. The maximum absolute atomic E-state index is 12.4. The first-order valence-corrected chi connectivity index (χ1v) is 9.32. The predicted octanol–water partition coefficient (Wildman–Crippen LogP) is 1.27. The van der Waals surface area contributed by atoms with Crippen LogP contribution in [0.15, 0.2) is 0 Å². The van der Waals surface area contributed by atoms with Gasteiger partial charge in [-0.3, -0.25) is 14.4 Å². The molecule has 4 rings (SSSR count). The Balaban J connectivity index is 1.46. The second kappa shape index (κ2) is 6.44. The Labute approximate surface area is 147 Å². The molecule has 0 spiro atoms. The summed E-state index contributed by atoms with van der Waals surface area (Å²) in [7, 11) is 1.82. The van der Waals surface area contributed by atoms with Crippen LogP contribution in [0.4, 0.5) is 0 Å². The molecule has 7 heteroatoms. The summed E-state index contributed by atoms with van der Waals surface area (Å²) in [4.78, 5) is 28.3. The third-order valence-electron chi connectivity index (χ3n) is 5.94. The molecule has 1 saturated carbocycles. The van der Waals surface area contributed by atoms with Crippen molar-refractivity contribution in [3.05, 3.63) is 17.0 Å². The molecule has 136 valence electrons. The van der Waals surface area contributed by atoms with Gasteiger partial charge in [0.05, 0.1) is 0 Å². The molecular weight excluding hydrogens is 320 g/mol. The lowest BCUT2D eigenvalue weighted by atomic mass is 10.00. The molecule has 1 saturated heterocycles. The normalized spacial score (nSPS) is 24.9. The van der Waals surface area contributed by atoms with Crippen molar-refractivity contribution in [2.24, 2.45) is 13.0 Å². The number of carbonyl (C=O) groups excluding carboxylic acids is 1. The molecule has 1 N–H and O–H groups in total. The Bertz CT molecular complexity index is 695. The first-order valence-electron chi connectivity index (χ1n) is 9.32. The number of aryl methyl sites for hydroxylation is 1. The van der Waals surface area contributed by atoms with Crippen LogP contribution in [0.25, 0.3) is 0 Å². The van der Waals surface area contributed by atoms with Gasteiger partial charge in [0, 0.05) is 63.4 Å². The zero-order valence-corrected chi connectivity index (χ0v) is 14.8. The van der Waals surface area contributed by atoms with E-state index in [4.69, 9.17) is 0 Å². The van der Waals surface area contributed by atoms with E-state index in [-0.39, 0.29) is 5.69 Å². The topological polar surface area (TPSA) is 78.7 Å². The number of hydrogen-bond donors (Lipinski definition) is 1. The molecule has 3 aliphatic rings. The highest BCUT2D eigenvalue weighted by atomic mass is 16.4. The van der Waals surface area contributed by atoms with E-state index in [1.54, 1.807) is 4.68 Å². The van der Waals surface area contributed by atoms with Gasteiger partial charge in [0.15, 0.2) is 5.69 Å². The fraction of sp³-hybridized carbons (Fsp3) is 0.722. The van der Waals surface area contributed by atoms with Gasteiger partial charge in [0.1, 0.15) is 0 Å². The lowest BCUT2D eigenvalue weighted by molar-refractivity contribution is -0.130. The standard InChI is InChI=1S/C18H26N4O3/c1-20-15-7-9-21(11-14(15)17(19-20)18(24)25)13-4-5-16(23)22(8-6-13)10-12-2-3-12/h12-13H,2-11H2,1H3,(H,24,25). The highest BCUT2D eigenvalue weighted by Crippen LogP contribution is 2.32. The minimum Gasteiger partial charge on any atom is -0.476 e. The van der Waals surface area contributed by atoms with Gasteiger partial charge in [0.2, 0.25) is 5.91 Å². The van der Waals surface area contributed by atoms with Gasteiger partial charge < -0.3 is 10.0 Å². The van der Waals surface area contributed by atoms with Crippen molar-refractivity contribution in [2.45, 2.75) is 51.1 Å². The summed E-state index contributed by atoms with van der Waals surface area (Å²) in [5.74, 6) is 0.0663. The lowest BCUT2D eigenvalue weighted by Gasteiger charge is -2.34. The minimum atomic E-state index is -0.953. The summed E-state index contributed by atoms with van der Waals surface area (Å²) in [6.07, 6.45) is 5.82. The molecule has 0 bridgehead atoms. The van der Waals surface area contributed by atoms with Crippen LogP contribution < -0.4 is 0 Å². The Hall–Kier alpha value is -1.89. The van der Waals surface area contributed by atoms with E-state index in [1.165, 1.54) is 12.8 Å². The third kappa shape index (κ3) is 3.29. The van der Waals surface area contributed by atoms with Crippen molar-refractivity contribution in [3.63, 3.8) is 0 Å². The van der Waals surface area contributed by atoms with Crippen LogP contribution in [0.1, 0.15) is 53.8 Å². The van der Waals surface area contributed by atoms with Crippen molar-refractivity contribution >= 4 is 11.9 Å². The number of aromatic carboxylic acids is 1. The number of carbonyl (C=O) groups is 2. The van der Waals surface area contributed by atoms with Crippen molar-refractivity contribution < 1.29 is 14.7 Å². The van der Waals surface area contributed by atoms with Crippen LogP contribution in [-0.2, 0) is 24.8 Å². The molecule has 1 aliphatic carbocycles. The average molecular weight is 346 g/mol. The maximum Gasteiger partial charge on any atom is 0.356 e. The number of amides is 1. The molecular formula is C18H26N4O3. The second-order valence-electron chi connectivity index (χ2n) is 7.69. The van der Waals surface area contributed by atoms with E-state index in [2.05, 4.69) is 14.9 Å². The number of fused-ring (bicyclic) bond motifs is 1. The lowest BCUT2D eigenvalue weighted by Crippen LogP contribution is -2.40. The molecule has 7 nitrogen and oxygen atoms in total. The molecule has 3 heterocycles. The van der Waals surface area contributed by atoms with E-state index >= 15 is 0 Å². The van der Waals surface area contributed by atoms with E-state index in [1.807, 2.05) is 7.05 Å². The van der Waals surface area contributed by atoms with Crippen LogP contribution in [0.3, 0.4) is 0 Å². The molecule has 1 aromatic heterocycles. The first kappa shape index (κ1) is 16.6. The van der Waals surface area contributed by atoms with E-state index < -0.39 is 5.97 Å². The molecule has 25 heavy (non-hydrogen) atoms. The molecule has 1 unspecified atom stereocenters. The summed E-state index contributed by atoms with van der Waals surface area (Å²) in [6, 6.07) is 0.350. The van der Waals surface area contributed by atoms with Gasteiger partial charge in [-0.2, -0.15) is 5.10 Å². The molecule has 2 aliphatic heterocycles. The Kier molecular flexibility index (Phi) is 4.27. The van der Waals surface area contributed by atoms with Gasteiger partial charge in [0.25, 0.3) is 0 Å². The molecule has 1 amide bonds. The molecule has 0 radical (unpaired) electrons. The van der Waals surface area contributed by atoms with Crippen molar-refractivity contribution in [1.82, 2.24) is 19.6 Å². The molecule has 2 fully saturated rings. The van der Waals surface area contributed by atoms with Crippen molar-refractivity contribution in [2.75, 3.05) is 19.6 Å². The van der Waals surface area contributed by atoms with E-state index in [0.29, 0.717) is 24.9 Å². The second-order valence-corrected chi connectivity index (χ2v) is 7.69. The van der Waals surface area contributed by atoms with Crippen LogP contribution in [0, 0.1) is 5.92 Å². The number of likely N-dealkylation sites (tertiary alicyclic amines) is 1. The number of aromatic nitrogens is 2. The van der Waals surface area contributed by atoms with Crippen LogP contribution in [-0.4, -0.2) is 62.2 Å². The van der Waals surface area contributed by atoms with Gasteiger partial charge in [-0.25, -0.2) is 4.79 Å². The third-order valence-corrected chi connectivity index (χ3v) is 5.94. The zero-order chi connectivity index (χ0) is 17.6. The van der Waals surface area contributed by atoms with Gasteiger partial charge in [-0.1, -0.05) is 0 Å². The quantitative estimate of drug-likeness (QED) is 0.888. The largest absolute Gasteiger partial charge is 0.476 e. The summed E-state index contributed by atoms with van der Waals surface area (Å²) >= 11 is 0.